The molecule has 0 bridgehead atoms. The fourth-order valence-corrected chi connectivity index (χ4v) is 4.15. The molecule has 1 aliphatic rings. The minimum absolute atomic E-state index is 0. The normalized spacial score (nSPS) is 19.1. The molecule has 0 spiro atoms. The van der Waals surface area contributed by atoms with Crippen LogP contribution in [0.2, 0.25) is 0 Å². The van der Waals surface area contributed by atoms with Gasteiger partial charge in [0.2, 0.25) is 0 Å². The van der Waals surface area contributed by atoms with Crippen LogP contribution in [0, 0.1) is 0 Å². The van der Waals surface area contributed by atoms with E-state index in [9.17, 15) is 0 Å². The fourth-order valence-electron chi connectivity index (χ4n) is 3.29. The number of hydrogen-bond donors (Lipinski definition) is 2. The molecule has 1 fully saturated rings. The Labute approximate surface area is 194 Å². The third kappa shape index (κ3) is 6.94. The molecule has 0 aliphatic carbocycles. The highest BCUT2D eigenvalue weighted by Crippen LogP contribution is 2.26. The predicted octanol–water partition coefficient (Wildman–Crippen LogP) is 3.60. The van der Waals surface area contributed by atoms with Crippen LogP contribution in [0.4, 0.5) is 0 Å². The maximum Gasteiger partial charge on any atom is 0.191 e. The topological polar surface area (TPSA) is 74.9 Å². The van der Waals surface area contributed by atoms with Gasteiger partial charge >= 0.3 is 0 Å². The molecule has 9 heteroatoms. The number of ether oxygens (including phenoxy) is 1. The third-order valence-corrected chi connectivity index (χ3v) is 5.84. The first-order chi connectivity index (χ1) is 13.6. The summed E-state index contributed by atoms with van der Waals surface area (Å²) in [5.74, 6) is 1.92. The maximum atomic E-state index is 5.72. The Hall–Kier alpha value is -1.17. The Morgan fingerprint density at radius 1 is 1.41 bits per heavy atom. The molecule has 0 amide bonds. The minimum Gasteiger partial charge on any atom is -0.376 e. The van der Waals surface area contributed by atoms with Gasteiger partial charge in [0.1, 0.15) is 0 Å². The van der Waals surface area contributed by atoms with Crippen LogP contribution in [0.25, 0.3) is 0 Å². The number of thiophene rings is 1. The van der Waals surface area contributed by atoms with E-state index in [0.29, 0.717) is 18.5 Å². The highest BCUT2D eigenvalue weighted by molar-refractivity contribution is 14.0. The average Bonchev–Trinajstić information content (AvgIpc) is 3.36. The van der Waals surface area contributed by atoms with Gasteiger partial charge in [0.25, 0.3) is 0 Å². The number of nitrogens with one attached hydrogen (secondary N) is 2. The number of aliphatic imine (C=N–C) groups is 1. The maximum absolute atomic E-state index is 5.72. The molecular weight excluding hydrogens is 501 g/mol. The summed E-state index contributed by atoms with van der Waals surface area (Å²) in [5, 5.41) is 13.0. The number of guanidine groups is 1. The van der Waals surface area contributed by atoms with Gasteiger partial charge in [0.15, 0.2) is 11.7 Å². The first kappa shape index (κ1) is 24.1. The van der Waals surface area contributed by atoms with Crippen LogP contribution in [-0.2, 0) is 11.3 Å². The Bertz CT molecular complexity index is 750. The lowest BCUT2D eigenvalue weighted by Crippen LogP contribution is -2.47. The zero-order valence-corrected chi connectivity index (χ0v) is 20.7. The third-order valence-electron chi connectivity index (χ3n) is 4.87. The van der Waals surface area contributed by atoms with Crippen molar-refractivity contribution in [3.05, 3.63) is 39.9 Å². The zero-order chi connectivity index (χ0) is 19.9. The molecule has 0 radical (unpaired) electrons. The summed E-state index contributed by atoms with van der Waals surface area (Å²) in [4.78, 5) is 8.20. The Morgan fingerprint density at radius 2 is 2.24 bits per heavy atom. The van der Waals surface area contributed by atoms with Crippen molar-refractivity contribution in [3.63, 3.8) is 0 Å². The summed E-state index contributed by atoms with van der Waals surface area (Å²) < 4.78 is 11.1. The largest absolute Gasteiger partial charge is 0.376 e. The molecule has 3 heterocycles. The summed E-state index contributed by atoms with van der Waals surface area (Å²) in [6.45, 7) is 10.3. The van der Waals surface area contributed by atoms with Crippen molar-refractivity contribution in [2.45, 2.75) is 45.4 Å². The summed E-state index contributed by atoms with van der Waals surface area (Å²) in [6, 6.07) is 6.60. The molecule has 1 aliphatic heterocycles. The highest BCUT2D eigenvalue weighted by atomic mass is 127. The van der Waals surface area contributed by atoms with Gasteiger partial charge in [-0.05, 0) is 24.3 Å². The van der Waals surface area contributed by atoms with E-state index in [4.69, 9.17) is 9.26 Å². The molecule has 2 N–H and O–H groups in total. The fraction of sp³-hybridized carbons (Fsp3) is 0.600. The van der Waals surface area contributed by atoms with Gasteiger partial charge in [-0.15, -0.1) is 35.3 Å². The molecular formula is C20H32IN5O2S. The van der Waals surface area contributed by atoms with Gasteiger partial charge < -0.3 is 19.9 Å². The van der Waals surface area contributed by atoms with Crippen LogP contribution in [-0.4, -0.2) is 55.4 Å². The van der Waals surface area contributed by atoms with Crippen LogP contribution in [0.1, 0.15) is 49.1 Å². The van der Waals surface area contributed by atoms with Crippen molar-refractivity contribution in [2.75, 3.05) is 33.3 Å². The number of rotatable bonds is 7. The van der Waals surface area contributed by atoms with Crippen molar-refractivity contribution in [2.24, 2.45) is 4.99 Å². The lowest BCUT2D eigenvalue weighted by Gasteiger charge is -2.37. The standard InChI is InChI=1S/C20H31N5O2S.HI/c1-14(2)17-10-16(27-24-17)11-22-20(21-4)23-12-18(19-6-5-9-28-19)25-7-8-26-15(3)13-25;/h5-6,9-10,14-15,18H,7-8,11-13H2,1-4H3,(H2,21,22,23);1H. The van der Waals surface area contributed by atoms with Crippen molar-refractivity contribution >= 4 is 41.3 Å². The first-order valence-corrected chi connectivity index (χ1v) is 10.7. The Morgan fingerprint density at radius 3 is 2.86 bits per heavy atom. The van der Waals surface area contributed by atoms with Crippen molar-refractivity contribution in [1.29, 1.82) is 0 Å². The monoisotopic (exact) mass is 533 g/mol. The Balaban J connectivity index is 0.00000300. The second-order valence-electron chi connectivity index (χ2n) is 7.39. The highest BCUT2D eigenvalue weighted by Gasteiger charge is 2.26. The summed E-state index contributed by atoms with van der Waals surface area (Å²) in [7, 11) is 1.78. The summed E-state index contributed by atoms with van der Waals surface area (Å²) in [6.07, 6.45) is 0.259. The summed E-state index contributed by atoms with van der Waals surface area (Å²) in [5.41, 5.74) is 0.971. The van der Waals surface area contributed by atoms with Crippen LogP contribution in [0.15, 0.2) is 33.1 Å². The molecule has 0 aromatic carbocycles. The molecule has 7 nitrogen and oxygen atoms in total. The molecule has 2 atom stereocenters. The zero-order valence-electron chi connectivity index (χ0n) is 17.6. The van der Waals surface area contributed by atoms with Crippen LogP contribution in [0.3, 0.4) is 0 Å². The van der Waals surface area contributed by atoms with E-state index in [0.717, 1.165) is 43.7 Å². The smallest absolute Gasteiger partial charge is 0.191 e. The quantitative estimate of drug-likeness (QED) is 0.322. The molecule has 3 rings (SSSR count). The van der Waals surface area contributed by atoms with E-state index >= 15 is 0 Å². The lowest BCUT2D eigenvalue weighted by molar-refractivity contribution is -0.0334. The molecule has 2 unspecified atom stereocenters. The second kappa shape index (κ2) is 11.9. The van der Waals surface area contributed by atoms with Gasteiger partial charge in [-0.3, -0.25) is 9.89 Å². The number of morpholine rings is 1. The number of hydrogen-bond acceptors (Lipinski definition) is 6. The van der Waals surface area contributed by atoms with Gasteiger partial charge in [0.05, 0.1) is 31.0 Å². The molecule has 2 aromatic rings. The number of halogens is 1. The molecule has 29 heavy (non-hydrogen) atoms. The van der Waals surface area contributed by atoms with Crippen LogP contribution < -0.4 is 10.6 Å². The van der Waals surface area contributed by atoms with Crippen molar-refractivity contribution in [3.8, 4) is 0 Å². The van der Waals surface area contributed by atoms with Crippen LogP contribution in [0.5, 0.6) is 0 Å². The van der Waals surface area contributed by atoms with Gasteiger partial charge in [0, 0.05) is 37.6 Å². The van der Waals surface area contributed by atoms with Gasteiger partial charge in [-0.1, -0.05) is 25.1 Å². The average molecular weight is 533 g/mol. The van der Waals surface area contributed by atoms with E-state index in [1.165, 1.54) is 4.88 Å². The molecule has 0 saturated carbocycles. The first-order valence-electron chi connectivity index (χ1n) is 9.86. The predicted molar refractivity (Wildman–Crippen MR) is 128 cm³/mol. The van der Waals surface area contributed by atoms with Gasteiger partial charge in [-0.2, -0.15) is 0 Å². The Kier molecular flexibility index (Phi) is 9.87. The van der Waals surface area contributed by atoms with E-state index in [2.05, 4.69) is 64.0 Å². The summed E-state index contributed by atoms with van der Waals surface area (Å²) >= 11 is 1.79. The van der Waals surface area contributed by atoms with E-state index in [-0.39, 0.29) is 30.1 Å². The van der Waals surface area contributed by atoms with Crippen molar-refractivity contribution < 1.29 is 9.26 Å². The van der Waals surface area contributed by atoms with E-state index in [1.807, 2.05) is 6.07 Å². The van der Waals surface area contributed by atoms with Gasteiger partial charge in [-0.25, -0.2) is 0 Å². The van der Waals surface area contributed by atoms with E-state index in [1.54, 1.807) is 18.4 Å². The van der Waals surface area contributed by atoms with Crippen LogP contribution >= 0.6 is 35.3 Å². The molecule has 1 saturated heterocycles. The molecule has 162 valence electrons. The van der Waals surface area contributed by atoms with E-state index < -0.39 is 0 Å². The lowest BCUT2D eigenvalue weighted by atomic mass is 10.1. The SMILES string of the molecule is CN=C(NCc1cc(C(C)C)no1)NCC(c1cccs1)N1CCOC(C)C1.I. The molecule has 2 aromatic heterocycles. The minimum atomic E-state index is 0. The van der Waals surface area contributed by atoms with Crippen molar-refractivity contribution in [1.82, 2.24) is 20.7 Å². The number of aromatic nitrogens is 1. The second-order valence-corrected chi connectivity index (χ2v) is 8.37. The number of nitrogens with zero attached hydrogens (tertiary/aromatic N) is 3.